The minimum Gasteiger partial charge on any atom is -0.353 e. The molecule has 3 saturated carbocycles. The van der Waals surface area contributed by atoms with Gasteiger partial charge in [-0.1, -0.05) is 12.1 Å². The Morgan fingerprint density at radius 1 is 1.15 bits per heavy atom. The van der Waals surface area contributed by atoms with Crippen molar-refractivity contribution in [1.82, 2.24) is 15.3 Å². The van der Waals surface area contributed by atoms with Crippen LogP contribution >= 0.6 is 0 Å². The van der Waals surface area contributed by atoms with Gasteiger partial charge in [0.2, 0.25) is 11.9 Å². The van der Waals surface area contributed by atoms with Crippen LogP contribution in [-0.4, -0.2) is 28.0 Å². The maximum Gasteiger partial charge on any atom is 0.223 e. The molecule has 134 valence electrons. The number of nitrogens with one attached hydrogen (secondary N) is 2. The van der Waals surface area contributed by atoms with E-state index in [9.17, 15) is 9.18 Å². The van der Waals surface area contributed by atoms with Crippen molar-refractivity contribution < 1.29 is 9.18 Å². The van der Waals surface area contributed by atoms with E-state index in [1.54, 1.807) is 30.5 Å². The van der Waals surface area contributed by atoms with Crippen LogP contribution in [0.5, 0.6) is 0 Å². The number of hydrogen-bond acceptors (Lipinski definition) is 4. The van der Waals surface area contributed by atoms with Gasteiger partial charge in [-0.05, 0) is 55.7 Å². The van der Waals surface area contributed by atoms with Gasteiger partial charge in [0.25, 0.3) is 0 Å². The maximum absolute atomic E-state index is 14.0. The Bertz CT molecular complexity index is 860. The lowest BCUT2D eigenvalue weighted by Gasteiger charge is -2.37. The van der Waals surface area contributed by atoms with Crippen molar-refractivity contribution in [2.24, 2.45) is 11.3 Å². The molecule has 26 heavy (non-hydrogen) atoms. The summed E-state index contributed by atoms with van der Waals surface area (Å²) in [4.78, 5) is 20.6. The Morgan fingerprint density at radius 2 is 1.96 bits per heavy atom. The van der Waals surface area contributed by atoms with Gasteiger partial charge in [0.05, 0.1) is 5.69 Å². The number of halogens is 1. The Kier molecular flexibility index (Phi) is 3.48. The number of carbonyl (C=O) groups excluding carboxylic acids is 1. The molecule has 3 aliphatic rings. The van der Waals surface area contributed by atoms with Crippen LogP contribution in [0.1, 0.15) is 32.1 Å². The topological polar surface area (TPSA) is 66.9 Å². The van der Waals surface area contributed by atoms with Crippen molar-refractivity contribution in [3.63, 3.8) is 0 Å². The van der Waals surface area contributed by atoms with Crippen LogP contribution in [0, 0.1) is 17.2 Å². The van der Waals surface area contributed by atoms with E-state index in [0.717, 1.165) is 32.1 Å². The summed E-state index contributed by atoms with van der Waals surface area (Å²) < 4.78 is 14.0. The summed E-state index contributed by atoms with van der Waals surface area (Å²) in [5.41, 5.74) is 1.34. The number of aromatic nitrogens is 2. The van der Waals surface area contributed by atoms with E-state index in [1.165, 1.54) is 6.07 Å². The normalized spacial score (nSPS) is 29.1. The second-order valence-electron chi connectivity index (χ2n) is 7.90. The summed E-state index contributed by atoms with van der Waals surface area (Å²) in [6.07, 6.45) is 6.88. The average molecular weight is 352 g/mol. The second-order valence-corrected chi connectivity index (χ2v) is 7.90. The first-order chi connectivity index (χ1) is 12.6. The fourth-order valence-corrected chi connectivity index (χ4v) is 4.09. The van der Waals surface area contributed by atoms with Crippen LogP contribution in [-0.2, 0) is 4.79 Å². The number of benzene rings is 1. The lowest BCUT2D eigenvalue weighted by Crippen LogP contribution is -2.47. The largest absolute Gasteiger partial charge is 0.353 e. The van der Waals surface area contributed by atoms with E-state index in [2.05, 4.69) is 20.6 Å². The quantitative estimate of drug-likeness (QED) is 0.868. The zero-order valence-corrected chi connectivity index (χ0v) is 14.4. The van der Waals surface area contributed by atoms with Gasteiger partial charge in [0, 0.05) is 29.8 Å². The van der Waals surface area contributed by atoms with Crippen molar-refractivity contribution in [1.29, 1.82) is 0 Å². The Morgan fingerprint density at radius 3 is 2.73 bits per heavy atom. The molecule has 0 saturated heterocycles. The fraction of sp³-hybridized carbons (Fsp3) is 0.450. The van der Waals surface area contributed by atoms with Gasteiger partial charge in [-0.15, -0.1) is 0 Å². The lowest BCUT2D eigenvalue weighted by molar-refractivity contribution is -0.124. The monoisotopic (exact) mass is 352 g/mol. The molecule has 1 aromatic carbocycles. The number of hydrogen-bond donors (Lipinski definition) is 2. The zero-order chi connectivity index (χ0) is 17.7. The van der Waals surface area contributed by atoms with E-state index in [-0.39, 0.29) is 23.1 Å². The number of nitrogens with zero attached hydrogens (tertiary/aromatic N) is 2. The van der Waals surface area contributed by atoms with Crippen molar-refractivity contribution in [2.75, 3.05) is 5.32 Å². The van der Waals surface area contributed by atoms with E-state index >= 15 is 0 Å². The average Bonchev–Trinajstić information content (AvgIpc) is 3.50. The molecular formula is C20H21FN4O. The van der Waals surface area contributed by atoms with Gasteiger partial charge in [0.15, 0.2) is 0 Å². The number of anilines is 1. The third kappa shape index (κ3) is 2.83. The highest BCUT2D eigenvalue weighted by atomic mass is 19.1. The molecular weight excluding hydrogens is 331 g/mol. The fourth-order valence-electron chi connectivity index (χ4n) is 4.09. The molecule has 2 N–H and O–H groups in total. The van der Waals surface area contributed by atoms with Gasteiger partial charge >= 0.3 is 0 Å². The van der Waals surface area contributed by atoms with Crippen LogP contribution in [0.25, 0.3) is 11.3 Å². The third-order valence-corrected chi connectivity index (χ3v) is 5.90. The molecule has 0 radical (unpaired) electrons. The van der Waals surface area contributed by atoms with Crippen LogP contribution in [0.4, 0.5) is 10.3 Å². The van der Waals surface area contributed by atoms with Crippen LogP contribution in [0.3, 0.4) is 0 Å². The highest BCUT2D eigenvalue weighted by Crippen LogP contribution is 2.61. The molecule has 1 heterocycles. The summed E-state index contributed by atoms with van der Waals surface area (Å²) >= 11 is 0. The molecule has 5 rings (SSSR count). The summed E-state index contributed by atoms with van der Waals surface area (Å²) in [7, 11) is 0. The zero-order valence-electron chi connectivity index (χ0n) is 14.4. The maximum atomic E-state index is 14.0. The SMILES string of the molecule is O=C(NC1CC2(C1)CC2Nc1nccc(-c2ccccc2F)n1)C1CC1. The van der Waals surface area contributed by atoms with Gasteiger partial charge in [-0.25, -0.2) is 14.4 Å². The molecule has 3 fully saturated rings. The van der Waals surface area contributed by atoms with Crippen LogP contribution in [0.15, 0.2) is 36.5 Å². The molecule has 0 bridgehead atoms. The third-order valence-electron chi connectivity index (χ3n) is 5.90. The number of amides is 1. The predicted octanol–water partition coefficient (Wildman–Crippen LogP) is 3.14. The van der Waals surface area contributed by atoms with Crippen molar-refractivity contribution in [2.45, 2.75) is 44.2 Å². The van der Waals surface area contributed by atoms with Crippen molar-refractivity contribution >= 4 is 11.9 Å². The van der Waals surface area contributed by atoms with E-state index in [4.69, 9.17) is 0 Å². The standard InChI is InChI=1S/C20H21FN4O/c21-15-4-2-1-3-14(15)16-7-8-22-19(24-16)25-17-11-20(17)9-13(10-20)23-18(26)12-5-6-12/h1-4,7-8,12-13,17H,5-6,9-11H2,(H,23,26)(H,22,24,25). The first-order valence-corrected chi connectivity index (χ1v) is 9.28. The molecule has 5 nitrogen and oxygen atoms in total. The minimum atomic E-state index is -0.284. The van der Waals surface area contributed by atoms with E-state index in [0.29, 0.717) is 29.3 Å². The Hall–Kier alpha value is -2.50. The predicted molar refractivity (Wildman–Crippen MR) is 95.8 cm³/mol. The van der Waals surface area contributed by atoms with Gasteiger partial charge in [0.1, 0.15) is 5.82 Å². The smallest absolute Gasteiger partial charge is 0.223 e. The van der Waals surface area contributed by atoms with Crippen LogP contribution < -0.4 is 10.6 Å². The van der Waals surface area contributed by atoms with Gasteiger partial charge in [-0.3, -0.25) is 4.79 Å². The molecule has 1 amide bonds. The van der Waals surface area contributed by atoms with E-state index in [1.807, 2.05) is 0 Å². The summed E-state index contributed by atoms with van der Waals surface area (Å²) in [6.45, 7) is 0. The molecule has 6 heteroatoms. The molecule has 1 unspecified atom stereocenters. The summed E-state index contributed by atoms with van der Waals surface area (Å²) in [5.74, 6) is 0.761. The summed E-state index contributed by atoms with van der Waals surface area (Å²) in [6, 6.07) is 9.01. The van der Waals surface area contributed by atoms with Crippen molar-refractivity contribution in [3.8, 4) is 11.3 Å². The molecule has 1 aromatic heterocycles. The highest BCUT2D eigenvalue weighted by Gasteiger charge is 2.62. The van der Waals surface area contributed by atoms with Crippen LogP contribution in [0.2, 0.25) is 0 Å². The minimum absolute atomic E-state index is 0.232. The Labute approximate surface area is 151 Å². The van der Waals surface area contributed by atoms with Gasteiger partial charge < -0.3 is 10.6 Å². The molecule has 2 aromatic rings. The molecule has 3 aliphatic carbocycles. The molecule has 0 aliphatic heterocycles. The number of carbonyl (C=O) groups is 1. The van der Waals surface area contributed by atoms with Crippen molar-refractivity contribution in [3.05, 3.63) is 42.3 Å². The van der Waals surface area contributed by atoms with E-state index < -0.39 is 0 Å². The molecule has 1 atom stereocenters. The lowest BCUT2D eigenvalue weighted by atomic mass is 9.76. The Balaban J connectivity index is 1.20. The second kappa shape index (κ2) is 5.76. The number of rotatable bonds is 5. The first-order valence-electron chi connectivity index (χ1n) is 9.28. The summed E-state index contributed by atoms with van der Waals surface area (Å²) in [5, 5.41) is 6.55. The highest BCUT2D eigenvalue weighted by molar-refractivity contribution is 5.81. The van der Waals surface area contributed by atoms with Gasteiger partial charge in [-0.2, -0.15) is 0 Å². The first kappa shape index (κ1) is 15.7. The molecule has 1 spiro atoms.